The van der Waals surface area contributed by atoms with Crippen LogP contribution in [0.25, 0.3) is 10.9 Å². The Morgan fingerprint density at radius 1 is 1.23 bits per heavy atom. The van der Waals surface area contributed by atoms with Crippen molar-refractivity contribution in [3.05, 3.63) is 60.1 Å². The number of carbonyl (C=O) groups excluding carboxylic acids is 1. The van der Waals surface area contributed by atoms with E-state index in [1.807, 2.05) is 32.0 Å². The number of rotatable bonds is 10. The molecule has 3 rings (SSSR count). The number of aryl methyl sites for hydroxylation is 1. The molecule has 0 amide bonds. The van der Waals surface area contributed by atoms with Gasteiger partial charge in [-0.2, -0.15) is 9.78 Å². The van der Waals surface area contributed by atoms with Gasteiger partial charge in [0.15, 0.2) is 18.1 Å². The average molecular weight is 656 g/mol. The normalized spacial score (nSPS) is 11.4. The number of halogens is 2. The van der Waals surface area contributed by atoms with E-state index in [4.69, 9.17) is 14.2 Å². The van der Waals surface area contributed by atoms with E-state index in [1.54, 1.807) is 32.2 Å². The van der Waals surface area contributed by atoms with Crippen LogP contribution in [0.1, 0.15) is 45.5 Å². The summed E-state index contributed by atoms with van der Waals surface area (Å²) < 4.78 is 19.5. The van der Waals surface area contributed by atoms with E-state index >= 15 is 0 Å². The van der Waals surface area contributed by atoms with Gasteiger partial charge in [-0.25, -0.2) is 9.78 Å². The highest BCUT2D eigenvalue weighted by Gasteiger charge is 2.15. The minimum atomic E-state index is -0.456. The quantitative estimate of drug-likeness (QED) is 0.167. The molecule has 186 valence electrons. The second-order valence-corrected chi connectivity index (χ2v) is 9.97. The molecule has 0 N–H and O–H groups in total. The van der Waals surface area contributed by atoms with Crippen LogP contribution < -0.4 is 15.0 Å². The van der Waals surface area contributed by atoms with Crippen LogP contribution in [0, 0.1) is 3.57 Å². The summed E-state index contributed by atoms with van der Waals surface area (Å²) >= 11 is 5.53. The van der Waals surface area contributed by atoms with Crippen LogP contribution in [0.2, 0.25) is 0 Å². The number of ether oxygens (including phenoxy) is 3. The third-order valence-corrected chi connectivity index (χ3v) is 6.00. The lowest BCUT2D eigenvalue weighted by atomic mass is 10.2. The Morgan fingerprint density at radius 2 is 2.00 bits per heavy atom. The minimum absolute atomic E-state index is 0.221. The Morgan fingerprint density at radius 3 is 2.69 bits per heavy atom. The lowest BCUT2D eigenvalue weighted by Gasteiger charge is -2.15. The fourth-order valence-electron chi connectivity index (χ4n) is 3.32. The average Bonchev–Trinajstić information content (AvgIpc) is 2.79. The summed E-state index contributed by atoms with van der Waals surface area (Å²) in [6, 6.07) is 9.03. The van der Waals surface area contributed by atoms with Gasteiger partial charge in [-0.1, -0.05) is 22.9 Å². The third kappa shape index (κ3) is 7.03. The van der Waals surface area contributed by atoms with Crippen LogP contribution >= 0.6 is 38.5 Å². The maximum Gasteiger partial charge on any atom is 0.344 e. The molecule has 0 unspecified atom stereocenters. The topological polar surface area (TPSA) is 92.0 Å². The number of hydrogen-bond donors (Lipinski definition) is 0. The van der Waals surface area contributed by atoms with E-state index in [0.29, 0.717) is 46.8 Å². The SMILES string of the molecule is CCCc1nc2ccc(Br)cc2c(=O)n1N=Cc1cc(I)c(OCC(=O)OC(C)C)c(OCC)c1. The first-order valence-electron chi connectivity index (χ1n) is 11.3. The monoisotopic (exact) mass is 655 g/mol. The van der Waals surface area contributed by atoms with Crippen molar-refractivity contribution in [3.63, 3.8) is 0 Å². The van der Waals surface area contributed by atoms with E-state index in [-0.39, 0.29) is 18.3 Å². The molecule has 0 radical (unpaired) electrons. The summed E-state index contributed by atoms with van der Waals surface area (Å²) in [6.45, 7) is 7.63. The van der Waals surface area contributed by atoms with Gasteiger partial charge in [0.25, 0.3) is 5.56 Å². The highest BCUT2D eigenvalue weighted by Crippen LogP contribution is 2.34. The van der Waals surface area contributed by atoms with Crippen molar-refractivity contribution >= 4 is 61.6 Å². The van der Waals surface area contributed by atoms with E-state index < -0.39 is 5.97 Å². The number of esters is 1. The zero-order valence-corrected chi connectivity index (χ0v) is 23.8. The van der Waals surface area contributed by atoms with Gasteiger partial charge in [0.2, 0.25) is 0 Å². The van der Waals surface area contributed by atoms with Crippen LogP contribution in [0.4, 0.5) is 0 Å². The number of aromatic nitrogens is 2. The number of fused-ring (bicyclic) bond motifs is 1. The van der Waals surface area contributed by atoms with Gasteiger partial charge in [-0.15, -0.1) is 0 Å². The van der Waals surface area contributed by atoms with Crippen molar-refractivity contribution in [1.29, 1.82) is 0 Å². The Hall–Kier alpha value is -2.47. The lowest BCUT2D eigenvalue weighted by molar-refractivity contribution is -0.149. The molecule has 0 fully saturated rings. The molecule has 0 saturated heterocycles. The molecular formula is C25H27BrIN3O5. The van der Waals surface area contributed by atoms with Gasteiger partial charge in [0.1, 0.15) is 5.82 Å². The summed E-state index contributed by atoms with van der Waals surface area (Å²) in [5.74, 6) is 1.06. The van der Waals surface area contributed by atoms with Crippen molar-refractivity contribution in [1.82, 2.24) is 9.66 Å². The Labute approximate surface area is 225 Å². The molecule has 0 bridgehead atoms. The van der Waals surface area contributed by atoms with E-state index in [0.717, 1.165) is 14.5 Å². The van der Waals surface area contributed by atoms with Gasteiger partial charge in [-0.05, 0) is 85.7 Å². The molecule has 0 aliphatic heterocycles. The van der Waals surface area contributed by atoms with Crippen LogP contribution in [0.5, 0.6) is 11.5 Å². The second kappa shape index (κ2) is 12.5. The Bertz CT molecular complexity index is 1310. The maximum absolute atomic E-state index is 13.2. The highest BCUT2D eigenvalue weighted by atomic mass is 127. The number of benzene rings is 2. The molecule has 3 aromatic rings. The standard InChI is InChI=1S/C25H27BrIN3O5/c1-5-7-22-29-20-9-8-17(26)12-18(20)25(32)30(22)28-13-16-10-19(27)24(21(11-16)33-6-2)34-14-23(31)35-15(3)4/h8-13,15H,5-7,14H2,1-4H3. The molecule has 0 aliphatic rings. The van der Waals surface area contributed by atoms with Gasteiger partial charge in [-0.3, -0.25) is 4.79 Å². The Balaban J connectivity index is 1.97. The molecule has 0 spiro atoms. The van der Waals surface area contributed by atoms with E-state index in [2.05, 4.69) is 48.6 Å². The van der Waals surface area contributed by atoms with Crippen LogP contribution in [0.3, 0.4) is 0 Å². The third-order valence-electron chi connectivity index (χ3n) is 4.70. The summed E-state index contributed by atoms with van der Waals surface area (Å²) in [5, 5.41) is 4.97. The van der Waals surface area contributed by atoms with Crippen LogP contribution in [0.15, 0.2) is 44.7 Å². The minimum Gasteiger partial charge on any atom is -0.490 e. The van der Waals surface area contributed by atoms with Gasteiger partial charge in [0.05, 0.1) is 33.4 Å². The van der Waals surface area contributed by atoms with Crippen molar-refractivity contribution in [2.75, 3.05) is 13.2 Å². The van der Waals surface area contributed by atoms with Crippen molar-refractivity contribution in [2.45, 2.75) is 46.6 Å². The predicted octanol–water partition coefficient (Wildman–Crippen LogP) is 5.33. The molecule has 0 saturated carbocycles. The second-order valence-electron chi connectivity index (χ2n) is 7.89. The summed E-state index contributed by atoms with van der Waals surface area (Å²) in [6.07, 6.45) is 2.80. The predicted molar refractivity (Wildman–Crippen MR) is 148 cm³/mol. The van der Waals surface area contributed by atoms with Crippen LogP contribution in [-0.2, 0) is 16.0 Å². The zero-order chi connectivity index (χ0) is 25.5. The van der Waals surface area contributed by atoms with E-state index in [9.17, 15) is 9.59 Å². The zero-order valence-electron chi connectivity index (χ0n) is 20.0. The number of carbonyl (C=O) groups is 1. The van der Waals surface area contributed by atoms with Gasteiger partial charge < -0.3 is 14.2 Å². The van der Waals surface area contributed by atoms with Gasteiger partial charge in [0, 0.05) is 10.9 Å². The highest BCUT2D eigenvalue weighted by molar-refractivity contribution is 14.1. The molecule has 1 aromatic heterocycles. The summed E-state index contributed by atoms with van der Waals surface area (Å²) in [4.78, 5) is 29.8. The molecule has 10 heteroatoms. The Kier molecular flexibility index (Phi) is 9.67. The molecule has 0 aliphatic carbocycles. The molecule has 35 heavy (non-hydrogen) atoms. The molecule has 1 heterocycles. The number of nitrogens with zero attached hydrogens (tertiary/aromatic N) is 3. The van der Waals surface area contributed by atoms with Crippen molar-refractivity contribution < 1.29 is 19.0 Å². The molecule has 8 nitrogen and oxygen atoms in total. The molecule has 0 atom stereocenters. The smallest absolute Gasteiger partial charge is 0.344 e. The first kappa shape index (κ1) is 27.1. The fraction of sp³-hybridized carbons (Fsp3) is 0.360. The molecular weight excluding hydrogens is 629 g/mol. The largest absolute Gasteiger partial charge is 0.490 e. The van der Waals surface area contributed by atoms with Crippen molar-refractivity contribution in [2.24, 2.45) is 5.10 Å². The fourth-order valence-corrected chi connectivity index (χ4v) is 4.46. The van der Waals surface area contributed by atoms with E-state index in [1.165, 1.54) is 4.68 Å². The lowest BCUT2D eigenvalue weighted by Crippen LogP contribution is -2.22. The maximum atomic E-state index is 13.2. The van der Waals surface area contributed by atoms with Crippen molar-refractivity contribution in [3.8, 4) is 11.5 Å². The first-order valence-corrected chi connectivity index (χ1v) is 13.1. The number of hydrogen-bond acceptors (Lipinski definition) is 7. The molecule has 2 aromatic carbocycles. The summed E-state index contributed by atoms with van der Waals surface area (Å²) in [7, 11) is 0. The van der Waals surface area contributed by atoms with Crippen LogP contribution in [-0.4, -0.2) is 41.2 Å². The first-order chi connectivity index (χ1) is 16.7. The van der Waals surface area contributed by atoms with Gasteiger partial charge >= 0.3 is 5.97 Å². The summed E-state index contributed by atoms with van der Waals surface area (Å²) in [5.41, 5.74) is 1.11.